The molecule has 6 nitrogen and oxygen atoms in total. The largest absolute Gasteiger partial charge is 0.381 e. The van der Waals surface area contributed by atoms with Gasteiger partial charge in [-0.25, -0.2) is 0 Å². The molecule has 0 saturated carbocycles. The average molecular weight is 353 g/mol. The first-order valence-electron chi connectivity index (χ1n) is 8.72. The normalized spacial score (nSPS) is 15.7. The van der Waals surface area contributed by atoms with E-state index in [2.05, 4.69) is 16.0 Å². The molecule has 2 aromatic carbocycles. The maximum atomic E-state index is 12.9. The minimum atomic E-state index is -0.771. The van der Waals surface area contributed by atoms with Crippen molar-refractivity contribution in [2.45, 2.75) is 18.4 Å². The Kier molecular flexibility index (Phi) is 5.86. The Morgan fingerprint density at radius 3 is 2.08 bits per heavy atom. The molecular formula is C20H23N3O3. The van der Waals surface area contributed by atoms with Crippen LogP contribution in [0.2, 0.25) is 0 Å². The summed E-state index contributed by atoms with van der Waals surface area (Å²) < 4.78 is 5.42. The van der Waals surface area contributed by atoms with Gasteiger partial charge in [0.05, 0.1) is 6.54 Å². The minimum absolute atomic E-state index is 0.0766. The summed E-state index contributed by atoms with van der Waals surface area (Å²) >= 11 is 0. The summed E-state index contributed by atoms with van der Waals surface area (Å²) in [5, 5.41) is 8.87. The molecular weight excluding hydrogens is 330 g/mol. The fourth-order valence-corrected chi connectivity index (χ4v) is 2.98. The molecule has 1 aliphatic rings. The first-order valence-corrected chi connectivity index (χ1v) is 8.72. The van der Waals surface area contributed by atoms with Crippen LogP contribution < -0.4 is 16.0 Å². The lowest BCUT2D eigenvalue weighted by molar-refractivity contribution is -0.130. The zero-order chi connectivity index (χ0) is 18.2. The Hall–Kier alpha value is -2.86. The summed E-state index contributed by atoms with van der Waals surface area (Å²) in [6.07, 6.45) is 1.10. The molecule has 26 heavy (non-hydrogen) atoms. The molecule has 1 heterocycles. The van der Waals surface area contributed by atoms with E-state index < -0.39 is 5.54 Å². The quantitative estimate of drug-likeness (QED) is 0.745. The molecule has 0 aromatic heterocycles. The van der Waals surface area contributed by atoms with Crippen molar-refractivity contribution >= 4 is 23.2 Å². The van der Waals surface area contributed by atoms with E-state index in [9.17, 15) is 9.59 Å². The Morgan fingerprint density at radius 1 is 0.885 bits per heavy atom. The molecule has 136 valence electrons. The van der Waals surface area contributed by atoms with Crippen molar-refractivity contribution in [2.24, 2.45) is 0 Å². The van der Waals surface area contributed by atoms with Crippen LogP contribution in [0.4, 0.5) is 11.4 Å². The number of hydrogen-bond donors (Lipinski definition) is 3. The van der Waals surface area contributed by atoms with Gasteiger partial charge in [0.1, 0.15) is 5.54 Å². The third-order valence-electron chi connectivity index (χ3n) is 4.41. The summed E-state index contributed by atoms with van der Waals surface area (Å²) in [5.74, 6) is -0.445. The number of benzene rings is 2. The third-order valence-corrected chi connectivity index (χ3v) is 4.41. The van der Waals surface area contributed by atoms with E-state index in [1.807, 2.05) is 48.5 Å². The Labute approximate surface area is 152 Å². The van der Waals surface area contributed by atoms with E-state index in [4.69, 9.17) is 4.74 Å². The molecule has 2 amide bonds. The molecule has 0 radical (unpaired) electrons. The highest BCUT2D eigenvalue weighted by Crippen LogP contribution is 2.26. The van der Waals surface area contributed by atoms with Gasteiger partial charge >= 0.3 is 0 Å². The predicted octanol–water partition coefficient (Wildman–Crippen LogP) is 2.40. The number of carbonyl (C=O) groups excluding carboxylic acids is 2. The summed E-state index contributed by atoms with van der Waals surface area (Å²) in [6.45, 7) is 0.930. The lowest BCUT2D eigenvalue weighted by Crippen LogP contribution is -2.56. The zero-order valence-corrected chi connectivity index (χ0v) is 14.5. The van der Waals surface area contributed by atoms with Gasteiger partial charge in [-0.1, -0.05) is 36.4 Å². The zero-order valence-electron chi connectivity index (χ0n) is 14.5. The van der Waals surface area contributed by atoms with E-state index in [0.29, 0.717) is 31.7 Å². The third kappa shape index (κ3) is 4.61. The minimum Gasteiger partial charge on any atom is -0.381 e. The van der Waals surface area contributed by atoms with Crippen molar-refractivity contribution in [3.05, 3.63) is 60.7 Å². The molecule has 0 atom stereocenters. The van der Waals surface area contributed by atoms with Crippen molar-refractivity contribution in [3.63, 3.8) is 0 Å². The molecule has 1 saturated heterocycles. The monoisotopic (exact) mass is 353 g/mol. The number of nitrogens with one attached hydrogen (secondary N) is 3. The summed E-state index contributed by atoms with van der Waals surface area (Å²) in [5.41, 5.74) is 0.806. The summed E-state index contributed by atoms with van der Waals surface area (Å²) in [4.78, 5) is 25.0. The highest BCUT2D eigenvalue weighted by atomic mass is 16.5. The first-order chi connectivity index (χ1) is 12.7. The van der Waals surface area contributed by atoms with Crippen molar-refractivity contribution in [2.75, 3.05) is 30.4 Å². The second-order valence-electron chi connectivity index (χ2n) is 6.28. The maximum absolute atomic E-state index is 12.9. The smallest absolute Gasteiger partial charge is 0.246 e. The predicted molar refractivity (Wildman–Crippen MR) is 101 cm³/mol. The number of hydrogen-bond acceptors (Lipinski definition) is 4. The number of ether oxygens (including phenoxy) is 1. The second-order valence-corrected chi connectivity index (χ2v) is 6.28. The molecule has 2 aromatic rings. The fraction of sp³-hybridized carbons (Fsp3) is 0.300. The van der Waals surface area contributed by atoms with Crippen molar-refractivity contribution in [1.29, 1.82) is 0 Å². The van der Waals surface area contributed by atoms with E-state index in [1.165, 1.54) is 0 Å². The SMILES string of the molecule is O=C(CNC(=O)C1(Nc2ccccc2)CCOCC1)Nc1ccccc1. The molecule has 1 aliphatic heterocycles. The topological polar surface area (TPSA) is 79.5 Å². The van der Waals surface area contributed by atoms with Gasteiger partial charge in [0.2, 0.25) is 11.8 Å². The van der Waals surface area contributed by atoms with Gasteiger partial charge in [0, 0.05) is 37.4 Å². The van der Waals surface area contributed by atoms with Crippen LogP contribution >= 0.6 is 0 Å². The maximum Gasteiger partial charge on any atom is 0.246 e. The van der Waals surface area contributed by atoms with Gasteiger partial charge in [0.15, 0.2) is 0 Å². The van der Waals surface area contributed by atoms with Crippen LogP contribution in [0.15, 0.2) is 60.7 Å². The molecule has 0 spiro atoms. The van der Waals surface area contributed by atoms with E-state index in [1.54, 1.807) is 12.1 Å². The van der Waals surface area contributed by atoms with Crippen molar-refractivity contribution < 1.29 is 14.3 Å². The van der Waals surface area contributed by atoms with Gasteiger partial charge in [-0.05, 0) is 24.3 Å². The standard InChI is InChI=1S/C20H23N3O3/c24-18(22-16-7-3-1-4-8-16)15-21-19(25)20(11-13-26-14-12-20)23-17-9-5-2-6-10-17/h1-10,23H,11-15H2,(H,21,25)(H,22,24). The van der Waals surface area contributed by atoms with Crippen LogP contribution in [0.25, 0.3) is 0 Å². The molecule has 3 rings (SSSR count). The van der Waals surface area contributed by atoms with Gasteiger partial charge in [-0.3, -0.25) is 9.59 Å². The van der Waals surface area contributed by atoms with Gasteiger partial charge in [-0.15, -0.1) is 0 Å². The van der Waals surface area contributed by atoms with E-state index in [0.717, 1.165) is 5.69 Å². The van der Waals surface area contributed by atoms with Crippen LogP contribution in [0.1, 0.15) is 12.8 Å². The van der Waals surface area contributed by atoms with Crippen LogP contribution in [0.5, 0.6) is 0 Å². The second kappa shape index (κ2) is 8.49. The van der Waals surface area contributed by atoms with Gasteiger partial charge < -0.3 is 20.7 Å². The average Bonchev–Trinajstić information content (AvgIpc) is 2.68. The van der Waals surface area contributed by atoms with Crippen LogP contribution in [0.3, 0.4) is 0 Å². The Morgan fingerprint density at radius 2 is 1.46 bits per heavy atom. The summed E-state index contributed by atoms with van der Waals surface area (Å²) in [6, 6.07) is 18.8. The van der Waals surface area contributed by atoms with Crippen LogP contribution in [0, 0.1) is 0 Å². The number of carbonyl (C=O) groups is 2. The lowest BCUT2D eigenvalue weighted by atomic mass is 9.88. The Bertz CT molecular complexity index is 728. The highest BCUT2D eigenvalue weighted by Gasteiger charge is 2.40. The van der Waals surface area contributed by atoms with Crippen molar-refractivity contribution in [3.8, 4) is 0 Å². The van der Waals surface area contributed by atoms with E-state index in [-0.39, 0.29) is 18.4 Å². The van der Waals surface area contributed by atoms with Crippen LogP contribution in [-0.4, -0.2) is 37.1 Å². The first kappa shape index (κ1) is 17.9. The molecule has 3 N–H and O–H groups in total. The fourth-order valence-electron chi connectivity index (χ4n) is 2.98. The van der Waals surface area contributed by atoms with E-state index >= 15 is 0 Å². The van der Waals surface area contributed by atoms with Crippen LogP contribution in [-0.2, 0) is 14.3 Å². The lowest BCUT2D eigenvalue weighted by Gasteiger charge is -2.37. The van der Waals surface area contributed by atoms with Crippen molar-refractivity contribution in [1.82, 2.24) is 5.32 Å². The van der Waals surface area contributed by atoms with Gasteiger partial charge in [-0.2, -0.15) is 0 Å². The number of amides is 2. The van der Waals surface area contributed by atoms with Gasteiger partial charge in [0.25, 0.3) is 0 Å². The Balaban J connectivity index is 1.61. The number of para-hydroxylation sites is 2. The number of anilines is 2. The number of rotatable bonds is 6. The molecule has 1 fully saturated rings. The molecule has 0 aliphatic carbocycles. The molecule has 0 unspecified atom stereocenters. The molecule has 6 heteroatoms. The highest BCUT2D eigenvalue weighted by molar-refractivity contribution is 5.97. The summed E-state index contributed by atoms with van der Waals surface area (Å²) in [7, 11) is 0. The molecule has 0 bridgehead atoms.